The lowest BCUT2D eigenvalue weighted by Crippen LogP contribution is -2.40. The van der Waals surface area contributed by atoms with Gasteiger partial charge in [-0.2, -0.15) is 0 Å². The second kappa shape index (κ2) is 8.11. The third kappa shape index (κ3) is 5.48. The van der Waals surface area contributed by atoms with Crippen LogP contribution in [0.25, 0.3) is 0 Å². The van der Waals surface area contributed by atoms with Crippen LogP contribution in [0.4, 0.5) is 9.59 Å². The van der Waals surface area contributed by atoms with Crippen LogP contribution in [0.3, 0.4) is 0 Å². The summed E-state index contributed by atoms with van der Waals surface area (Å²) in [5, 5.41) is 5.23. The Morgan fingerprint density at radius 1 is 1.42 bits per heavy atom. The smallest absolute Gasteiger partial charge is 0.407 e. The average molecular weight is 383 g/mol. The van der Waals surface area contributed by atoms with Crippen molar-refractivity contribution in [2.75, 3.05) is 13.6 Å². The first kappa shape index (κ1) is 20.3. The van der Waals surface area contributed by atoms with Crippen molar-refractivity contribution in [3.63, 3.8) is 0 Å². The van der Waals surface area contributed by atoms with E-state index in [1.54, 1.807) is 26.8 Å². The van der Waals surface area contributed by atoms with E-state index >= 15 is 0 Å². The predicted molar refractivity (Wildman–Crippen MR) is 97.3 cm³/mol. The third-order valence-electron chi connectivity index (χ3n) is 4.03. The number of ether oxygens (including phenoxy) is 1. The van der Waals surface area contributed by atoms with Gasteiger partial charge in [0.2, 0.25) is 5.91 Å². The van der Waals surface area contributed by atoms with Crippen molar-refractivity contribution in [3.8, 4) is 0 Å². The number of nitrogens with one attached hydrogen (secondary N) is 2. The summed E-state index contributed by atoms with van der Waals surface area (Å²) < 4.78 is 5.28. The fourth-order valence-corrected chi connectivity index (χ4v) is 3.55. The summed E-state index contributed by atoms with van der Waals surface area (Å²) in [5.74, 6) is -0.575. The number of hydrogen-bond donors (Lipinski definition) is 2. The molecule has 4 amide bonds. The minimum absolute atomic E-state index is 0.0325. The number of amides is 4. The zero-order valence-electron chi connectivity index (χ0n) is 15.5. The second-order valence-corrected chi connectivity index (χ2v) is 8.38. The maximum Gasteiger partial charge on any atom is 0.407 e. The Balaban J connectivity index is 2.05. The number of carbonyl (C=O) groups excluding carboxylic acids is 4. The van der Waals surface area contributed by atoms with Crippen molar-refractivity contribution in [1.29, 1.82) is 0 Å². The van der Waals surface area contributed by atoms with Crippen molar-refractivity contribution in [3.05, 3.63) is 11.0 Å². The molecule has 0 aromatic rings. The quantitative estimate of drug-likeness (QED) is 0.704. The van der Waals surface area contributed by atoms with Crippen LogP contribution in [-0.4, -0.2) is 53.3 Å². The lowest BCUT2D eigenvalue weighted by atomic mass is 9.96. The first-order valence-corrected chi connectivity index (χ1v) is 9.35. The van der Waals surface area contributed by atoms with Crippen molar-refractivity contribution in [2.45, 2.75) is 51.7 Å². The molecule has 2 aliphatic rings. The Bertz CT molecular complexity index is 641. The van der Waals surface area contributed by atoms with Crippen LogP contribution in [0.1, 0.15) is 40.0 Å². The number of thioether (sulfide) groups is 1. The molecule has 2 atom stereocenters. The molecule has 144 valence electrons. The van der Waals surface area contributed by atoms with Crippen LogP contribution in [0.15, 0.2) is 11.0 Å². The number of alkyl carbamates (subject to hydrolysis) is 1. The number of carbonyl (C=O) groups is 4. The summed E-state index contributed by atoms with van der Waals surface area (Å²) in [6.45, 7) is 5.92. The van der Waals surface area contributed by atoms with Gasteiger partial charge in [0.05, 0.1) is 4.91 Å². The Hall–Kier alpha value is -2.03. The van der Waals surface area contributed by atoms with Crippen LogP contribution >= 0.6 is 11.8 Å². The molecule has 9 heteroatoms. The fraction of sp³-hybridized carbons (Fsp3) is 0.647. The van der Waals surface area contributed by atoms with Gasteiger partial charge in [-0.15, -0.1) is 0 Å². The molecule has 2 saturated heterocycles. The zero-order valence-corrected chi connectivity index (χ0v) is 16.3. The summed E-state index contributed by atoms with van der Waals surface area (Å²) in [4.78, 5) is 48.9. The van der Waals surface area contributed by atoms with Gasteiger partial charge in [0.15, 0.2) is 0 Å². The molecule has 0 aromatic carbocycles. The van der Waals surface area contributed by atoms with E-state index in [9.17, 15) is 19.2 Å². The summed E-state index contributed by atoms with van der Waals surface area (Å²) in [5.41, 5.74) is -0.635. The minimum Gasteiger partial charge on any atom is -0.444 e. The molecule has 8 nitrogen and oxygen atoms in total. The van der Waals surface area contributed by atoms with E-state index in [4.69, 9.17) is 4.74 Å². The van der Waals surface area contributed by atoms with E-state index in [1.807, 2.05) is 0 Å². The van der Waals surface area contributed by atoms with Gasteiger partial charge in [-0.25, -0.2) is 4.79 Å². The highest BCUT2D eigenvalue weighted by Gasteiger charge is 2.33. The maximum absolute atomic E-state index is 12.1. The summed E-state index contributed by atoms with van der Waals surface area (Å²) in [6, 6.07) is -0.374. The van der Waals surface area contributed by atoms with Gasteiger partial charge in [0, 0.05) is 25.6 Å². The average Bonchev–Trinajstić information content (AvgIpc) is 3.02. The second-order valence-electron chi connectivity index (χ2n) is 7.39. The molecule has 2 heterocycles. The molecule has 2 aliphatic heterocycles. The molecular weight excluding hydrogens is 358 g/mol. The van der Waals surface area contributed by atoms with E-state index in [0.717, 1.165) is 16.7 Å². The first-order chi connectivity index (χ1) is 12.1. The topological polar surface area (TPSA) is 105 Å². The highest BCUT2D eigenvalue weighted by atomic mass is 32.2. The highest BCUT2D eigenvalue weighted by molar-refractivity contribution is 8.18. The lowest BCUT2D eigenvalue weighted by Gasteiger charge is -2.24. The van der Waals surface area contributed by atoms with Crippen molar-refractivity contribution in [2.24, 2.45) is 5.92 Å². The number of hydrogen-bond acceptors (Lipinski definition) is 6. The SMILES string of the molecule is CN1C(=O)SC(=CC[C@H](CC2CCNC2=O)NC(=O)OC(C)(C)C)C1=O. The van der Waals surface area contributed by atoms with Crippen molar-refractivity contribution < 1.29 is 23.9 Å². The summed E-state index contributed by atoms with van der Waals surface area (Å²) in [7, 11) is 1.43. The number of likely N-dealkylation sites (N-methyl/N-ethyl adjacent to an activating group) is 1. The molecule has 2 N–H and O–H groups in total. The van der Waals surface area contributed by atoms with Gasteiger partial charge in [0.25, 0.3) is 11.1 Å². The van der Waals surface area contributed by atoms with Gasteiger partial charge < -0.3 is 15.4 Å². The van der Waals surface area contributed by atoms with Crippen LogP contribution < -0.4 is 10.6 Å². The van der Waals surface area contributed by atoms with Gasteiger partial charge >= 0.3 is 6.09 Å². The monoisotopic (exact) mass is 383 g/mol. The van der Waals surface area contributed by atoms with E-state index in [-0.39, 0.29) is 29.0 Å². The van der Waals surface area contributed by atoms with Gasteiger partial charge in [-0.05, 0) is 51.8 Å². The molecule has 0 bridgehead atoms. The standard InChI is InChI=1S/C17H25N3O5S/c1-17(2,3)25-15(23)19-11(9-10-7-8-18-13(10)21)5-6-12-14(22)20(4)16(24)26-12/h6,10-11H,5,7-9H2,1-4H3,(H,18,21)(H,19,23)/t10?,11-/m1/s1. The van der Waals surface area contributed by atoms with E-state index in [1.165, 1.54) is 7.05 Å². The van der Waals surface area contributed by atoms with E-state index in [0.29, 0.717) is 30.7 Å². The Morgan fingerprint density at radius 2 is 2.12 bits per heavy atom. The molecular formula is C17H25N3O5S. The molecule has 0 aliphatic carbocycles. The largest absolute Gasteiger partial charge is 0.444 e. The van der Waals surface area contributed by atoms with Crippen molar-refractivity contribution in [1.82, 2.24) is 15.5 Å². The van der Waals surface area contributed by atoms with Crippen LogP contribution in [-0.2, 0) is 14.3 Å². The fourth-order valence-electron chi connectivity index (χ4n) is 2.73. The molecule has 0 spiro atoms. The Kier molecular flexibility index (Phi) is 6.33. The molecule has 26 heavy (non-hydrogen) atoms. The normalized spacial score (nSPS) is 23.4. The lowest BCUT2D eigenvalue weighted by molar-refractivity contribution is -0.123. The Morgan fingerprint density at radius 3 is 2.62 bits per heavy atom. The molecule has 2 fully saturated rings. The van der Waals surface area contributed by atoms with E-state index < -0.39 is 11.7 Å². The van der Waals surface area contributed by atoms with Gasteiger partial charge in [-0.1, -0.05) is 6.08 Å². The van der Waals surface area contributed by atoms with Crippen LogP contribution in [0.2, 0.25) is 0 Å². The maximum atomic E-state index is 12.1. The predicted octanol–water partition coefficient (Wildman–Crippen LogP) is 2.01. The number of imide groups is 1. The first-order valence-electron chi connectivity index (χ1n) is 8.54. The Labute approximate surface area is 157 Å². The third-order valence-corrected chi connectivity index (χ3v) is 5.04. The summed E-state index contributed by atoms with van der Waals surface area (Å²) >= 11 is 0.871. The highest BCUT2D eigenvalue weighted by Crippen LogP contribution is 2.30. The van der Waals surface area contributed by atoms with Gasteiger partial charge in [0.1, 0.15) is 5.60 Å². The zero-order chi connectivity index (χ0) is 19.5. The van der Waals surface area contributed by atoms with Gasteiger partial charge in [-0.3, -0.25) is 19.3 Å². The van der Waals surface area contributed by atoms with Crippen molar-refractivity contribution >= 4 is 34.9 Å². The molecule has 0 aromatic heterocycles. The molecule has 1 unspecified atom stereocenters. The molecule has 2 rings (SSSR count). The summed E-state index contributed by atoms with van der Waals surface area (Å²) in [6.07, 6.45) is 2.55. The molecule has 0 radical (unpaired) electrons. The number of nitrogens with zero attached hydrogens (tertiary/aromatic N) is 1. The van der Waals surface area contributed by atoms with E-state index in [2.05, 4.69) is 10.6 Å². The molecule has 0 saturated carbocycles. The minimum atomic E-state index is -0.635. The number of rotatable bonds is 5. The van der Waals surface area contributed by atoms with Crippen LogP contribution in [0.5, 0.6) is 0 Å². The van der Waals surface area contributed by atoms with Crippen LogP contribution in [0, 0.1) is 5.92 Å².